The molecule has 1 saturated carbocycles. The van der Waals surface area contributed by atoms with E-state index in [0.717, 1.165) is 0 Å². The molecule has 2 aromatic carbocycles. The van der Waals surface area contributed by atoms with Gasteiger partial charge in [0.1, 0.15) is 0 Å². The summed E-state index contributed by atoms with van der Waals surface area (Å²) in [5.41, 5.74) is 1.85. The van der Waals surface area contributed by atoms with Gasteiger partial charge in [-0.2, -0.15) is 0 Å². The van der Waals surface area contributed by atoms with Crippen LogP contribution in [0.1, 0.15) is 32.1 Å². The van der Waals surface area contributed by atoms with Crippen LogP contribution in [0.4, 0.5) is 0 Å². The second kappa shape index (κ2) is 8.41. The maximum atomic E-state index is 2.34. The van der Waals surface area contributed by atoms with Crippen molar-refractivity contribution in [1.29, 1.82) is 0 Å². The first kappa shape index (κ1) is 15.6. The number of hydrogen-bond acceptors (Lipinski definition) is 0. The third-order valence-corrected chi connectivity index (χ3v) is 12.4. The Labute approximate surface area is 148 Å². The fourth-order valence-electron chi connectivity index (χ4n) is 2.54. The van der Waals surface area contributed by atoms with Crippen molar-refractivity contribution in [2.75, 3.05) is 0 Å². The normalized spacial score (nSPS) is 15.0. The van der Waals surface area contributed by atoms with Crippen molar-refractivity contribution in [3.8, 4) is 0 Å². The van der Waals surface area contributed by atoms with Crippen LogP contribution in [-0.4, -0.2) is 41.8 Å². The van der Waals surface area contributed by atoms with E-state index < -0.39 is 0 Å². The molecule has 2 heteroatoms. The Hall–Kier alpha value is -0.241. The maximum absolute atomic E-state index is 2.34. The average molecular weight is 504 g/mol. The van der Waals surface area contributed by atoms with Crippen molar-refractivity contribution in [3.63, 3.8) is 0 Å². The molecule has 1 aliphatic rings. The minimum atomic E-state index is -0.158. The second-order valence-corrected chi connectivity index (χ2v) is 14.0. The number of hydrogen-bond donors (Lipinski definition) is 0. The van der Waals surface area contributed by atoms with Crippen LogP contribution >= 0.6 is 0 Å². The van der Waals surface area contributed by atoms with Crippen LogP contribution in [0.25, 0.3) is 0 Å². The van der Waals surface area contributed by atoms with Crippen molar-refractivity contribution in [2.24, 2.45) is 0 Å². The Morgan fingerprint density at radius 3 is 1.57 bits per heavy atom. The van der Waals surface area contributed by atoms with Crippen LogP contribution in [0.5, 0.6) is 0 Å². The van der Waals surface area contributed by atoms with Crippen LogP contribution < -0.4 is 7.22 Å². The molecule has 0 bridgehead atoms. The molecular formula is C19H20Te2. The molecule has 108 valence electrons. The predicted octanol–water partition coefficient (Wildman–Crippen LogP) is 3.22. The van der Waals surface area contributed by atoms with E-state index in [1.54, 1.807) is 7.22 Å². The second-order valence-electron chi connectivity index (χ2n) is 5.28. The number of benzene rings is 2. The van der Waals surface area contributed by atoms with Gasteiger partial charge in [0, 0.05) is 0 Å². The molecule has 0 unspecified atom stereocenters. The van der Waals surface area contributed by atoms with E-state index in [4.69, 9.17) is 0 Å². The first-order chi connectivity index (χ1) is 10.4. The molecule has 3 rings (SSSR count). The van der Waals surface area contributed by atoms with Crippen molar-refractivity contribution in [3.05, 3.63) is 67.9 Å². The molecule has 2 aromatic rings. The summed E-state index contributed by atoms with van der Waals surface area (Å²) in [6, 6.07) is 22.4. The monoisotopic (exact) mass is 508 g/mol. The van der Waals surface area contributed by atoms with Crippen molar-refractivity contribution < 1.29 is 0 Å². The van der Waals surface area contributed by atoms with E-state index in [-0.39, 0.29) is 41.8 Å². The Bertz CT molecular complexity index is 536. The molecule has 21 heavy (non-hydrogen) atoms. The summed E-state index contributed by atoms with van der Waals surface area (Å²) in [7, 11) is 0. The SMILES string of the molecule is c1ccc([Te]C([Te]c2ccccc2)=C2CCCCC2)cc1. The quantitative estimate of drug-likeness (QED) is 0.563. The molecule has 1 fully saturated rings. The van der Waals surface area contributed by atoms with Gasteiger partial charge in [-0.3, -0.25) is 0 Å². The Morgan fingerprint density at radius 2 is 1.10 bits per heavy atom. The summed E-state index contributed by atoms with van der Waals surface area (Å²) in [5, 5.41) is 0. The molecule has 0 saturated heterocycles. The average Bonchev–Trinajstić information content (AvgIpc) is 2.57. The topological polar surface area (TPSA) is 0 Å². The van der Waals surface area contributed by atoms with Gasteiger partial charge < -0.3 is 0 Å². The number of rotatable bonds is 4. The van der Waals surface area contributed by atoms with Gasteiger partial charge in [-0.1, -0.05) is 0 Å². The summed E-state index contributed by atoms with van der Waals surface area (Å²) >= 11 is -0.315. The zero-order chi connectivity index (χ0) is 14.3. The zero-order valence-corrected chi connectivity index (χ0v) is 16.8. The van der Waals surface area contributed by atoms with Crippen LogP contribution in [0.2, 0.25) is 0 Å². The first-order valence-electron chi connectivity index (χ1n) is 7.59. The van der Waals surface area contributed by atoms with Gasteiger partial charge in [-0.05, 0) is 0 Å². The molecule has 0 aromatic heterocycles. The first-order valence-corrected chi connectivity index (χ1v) is 12.3. The molecule has 1 aliphatic carbocycles. The molecule has 0 heterocycles. The van der Waals surface area contributed by atoms with E-state index in [0.29, 0.717) is 0 Å². The fourth-order valence-corrected chi connectivity index (χ4v) is 12.0. The van der Waals surface area contributed by atoms with Gasteiger partial charge >= 0.3 is 149 Å². The van der Waals surface area contributed by atoms with Crippen LogP contribution in [0, 0.1) is 0 Å². The van der Waals surface area contributed by atoms with E-state index in [1.165, 1.54) is 32.1 Å². The van der Waals surface area contributed by atoms with Gasteiger partial charge in [0.2, 0.25) is 0 Å². The van der Waals surface area contributed by atoms with Crippen LogP contribution in [0.3, 0.4) is 0 Å². The third-order valence-electron chi connectivity index (χ3n) is 3.65. The Morgan fingerprint density at radius 1 is 0.619 bits per heavy atom. The van der Waals surface area contributed by atoms with Gasteiger partial charge in [-0.25, -0.2) is 0 Å². The van der Waals surface area contributed by atoms with E-state index in [9.17, 15) is 0 Å². The summed E-state index contributed by atoms with van der Waals surface area (Å²) in [6.45, 7) is 0. The summed E-state index contributed by atoms with van der Waals surface area (Å²) in [6.07, 6.45) is 7.04. The molecule has 0 spiro atoms. The predicted molar refractivity (Wildman–Crippen MR) is 93.8 cm³/mol. The fraction of sp³-hybridized carbons (Fsp3) is 0.263. The van der Waals surface area contributed by atoms with Gasteiger partial charge in [0.05, 0.1) is 0 Å². The summed E-state index contributed by atoms with van der Waals surface area (Å²) in [4.78, 5) is 0. The van der Waals surface area contributed by atoms with E-state index >= 15 is 0 Å². The minimum absolute atomic E-state index is 0.158. The van der Waals surface area contributed by atoms with Crippen molar-refractivity contribution >= 4 is 49.1 Å². The zero-order valence-electron chi connectivity index (χ0n) is 12.1. The van der Waals surface area contributed by atoms with E-state index in [1.807, 2.05) is 7.24 Å². The Balaban J connectivity index is 1.84. The Kier molecular flexibility index (Phi) is 6.26. The van der Waals surface area contributed by atoms with Crippen molar-refractivity contribution in [2.45, 2.75) is 32.1 Å². The number of allylic oxidation sites excluding steroid dienone is 1. The van der Waals surface area contributed by atoms with Gasteiger partial charge in [0.25, 0.3) is 0 Å². The molecular weight excluding hydrogens is 483 g/mol. The van der Waals surface area contributed by atoms with E-state index in [2.05, 4.69) is 60.7 Å². The molecule has 0 amide bonds. The van der Waals surface area contributed by atoms with Crippen LogP contribution in [0.15, 0.2) is 67.9 Å². The molecule has 0 aliphatic heterocycles. The molecule has 0 radical (unpaired) electrons. The van der Waals surface area contributed by atoms with Crippen molar-refractivity contribution in [1.82, 2.24) is 0 Å². The van der Waals surface area contributed by atoms with Crippen LogP contribution in [-0.2, 0) is 0 Å². The summed E-state index contributed by atoms with van der Waals surface area (Å²) in [5.74, 6) is 0. The standard InChI is InChI=1S/C19H20Te2/c1-4-10-16(11-5-1)19(20-17-12-6-2-7-13-17)21-18-14-8-3-9-15-18/h2-3,6-9,12-15H,1,4-5,10-11H2. The van der Waals surface area contributed by atoms with Gasteiger partial charge in [-0.15, -0.1) is 0 Å². The summed E-state index contributed by atoms with van der Waals surface area (Å²) < 4.78 is 5.14. The molecule has 0 atom stereocenters. The third kappa shape index (κ3) is 4.87. The molecule has 0 N–H and O–H groups in total. The molecule has 0 nitrogen and oxygen atoms in total. The van der Waals surface area contributed by atoms with Gasteiger partial charge in [0.15, 0.2) is 0 Å².